The molecular weight excluding hydrogens is 180 g/mol. The quantitative estimate of drug-likeness (QED) is 0.298. The maximum Gasteiger partial charge on any atom is 0.247 e. The molecule has 0 spiro atoms. The van der Waals surface area contributed by atoms with Crippen molar-refractivity contribution in [1.82, 2.24) is 5.43 Å². The summed E-state index contributed by atoms with van der Waals surface area (Å²) in [5.41, 5.74) is 0.781. The zero-order chi connectivity index (χ0) is 11.0. The van der Waals surface area contributed by atoms with E-state index in [9.17, 15) is 9.59 Å². The van der Waals surface area contributed by atoms with Crippen LogP contribution < -0.4 is 11.3 Å². The smallest absolute Gasteiger partial charge is 0.247 e. The molecule has 0 aromatic rings. The van der Waals surface area contributed by atoms with Gasteiger partial charge < -0.3 is 0 Å². The second kappa shape index (κ2) is 3.35. The van der Waals surface area contributed by atoms with Crippen molar-refractivity contribution in [3.05, 3.63) is 0 Å². The molecule has 1 fully saturated rings. The van der Waals surface area contributed by atoms with Crippen LogP contribution in [0.5, 0.6) is 0 Å². The topological polar surface area (TPSA) is 72.2 Å². The van der Waals surface area contributed by atoms with E-state index >= 15 is 0 Å². The third-order valence-electron chi connectivity index (χ3n) is 2.89. The van der Waals surface area contributed by atoms with Crippen molar-refractivity contribution in [2.75, 3.05) is 0 Å². The zero-order valence-electron chi connectivity index (χ0n) is 9.02. The third kappa shape index (κ3) is 1.54. The lowest BCUT2D eigenvalue weighted by Crippen LogP contribution is -2.55. The lowest BCUT2D eigenvalue weighted by molar-refractivity contribution is -0.153. The Hall–Kier alpha value is -0.900. The van der Waals surface area contributed by atoms with Crippen LogP contribution in [0.15, 0.2) is 0 Å². The molecule has 14 heavy (non-hydrogen) atoms. The minimum absolute atomic E-state index is 0.000741. The molecule has 1 rings (SSSR count). The van der Waals surface area contributed by atoms with Crippen molar-refractivity contribution in [2.24, 2.45) is 16.7 Å². The van der Waals surface area contributed by atoms with E-state index in [0.717, 1.165) is 6.42 Å². The highest BCUT2D eigenvalue weighted by atomic mass is 16.2. The molecule has 0 bridgehead atoms. The Balaban J connectivity index is 2.91. The first-order chi connectivity index (χ1) is 6.34. The average molecular weight is 198 g/mol. The summed E-state index contributed by atoms with van der Waals surface area (Å²) in [5, 5.41) is 0. The highest BCUT2D eigenvalue weighted by Crippen LogP contribution is 2.46. The van der Waals surface area contributed by atoms with Gasteiger partial charge in [-0.25, -0.2) is 5.84 Å². The van der Waals surface area contributed by atoms with Gasteiger partial charge >= 0.3 is 0 Å². The summed E-state index contributed by atoms with van der Waals surface area (Å²) in [6, 6.07) is 0. The molecule has 0 aromatic heterocycles. The summed E-state index contributed by atoms with van der Waals surface area (Å²) in [6.45, 7) is 5.50. The molecule has 0 atom stereocenters. The number of carbonyl (C=O) groups excluding carboxylic acids is 2. The van der Waals surface area contributed by atoms with Crippen molar-refractivity contribution in [2.45, 2.75) is 40.0 Å². The maximum atomic E-state index is 12.1. The molecule has 1 amide bonds. The van der Waals surface area contributed by atoms with Crippen molar-refractivity contribution >= 4 is 11.7 Å². The van der Waals surface area contributed by atoms with Crippen molar-refractivity contribution in [3.63, 3.8) is 0 Å². The number of hydrogen-bond donors (Lipinski definition) is 2. The van der Waals surface area contributed by atoms with Gasteiger partial charge in [0.1, 0.15) is 5.41 Å². The van der Waals surface area contributed by atoms with Crippen molar-refractivity contribution in [3.8, 4) is 0 Å². The monoisotopic (exact) mass is 198 g/mol. The fourth-order valence-electron chi connectivity index (χ4n) is 1.94. The molecule has 1 aliphatic rings. The van der Waals surface area contributed by atoms with E-state index in [-0.39, 0.29) is 11.7 Å². The number of nitrogens with one attached hydrogen (secondary N) is 1. The van der Waals surface area contributed by atoms with E-state index in [0.29, 0.717) is 12.8 Å². The van der Waals surface area contributed by atoms with Crippen LogP contribution in [0.4, 0.5) is 0 Å². The fourth-order valence-corrected chi connectivity index (χ4v) is 1.94. The highest BCUT2D eigenvalue weighted by molar-refractivity contribution is 6.08. The van der Waals surface area contributed by atoms with E-state index in [1.807, 2.05) is 20.8 Å². The molecular formula is C10H18N2O2. The molecule has 1 aliphatic carbocycles. The number of Topliss-reactive ketones (excluding diaryl/α,β-unsaturated/α-hetero) is 1. The largest absolute Gasteiger partial charge is 0.298 e. The van der Waals surface area contributed by atoms with E-state index in [1.54, 1.807) is 0 Å². The van der Waals surface area contributed by atoms with Crippen molar-refractivity contribution < 1.29 is 9.59 Å². The lowest BCUT2D eigenvalue weighted by Gasteiger charge is -2.41. The van der Waals surface area contributed by atoms with Gasteiger partial charge in [-0.15, -0.1) is 0 Å². The summed E-state index contributed by atoms with van der Waals surface area (Å²) in [4.78, 5) is 23.6. The number of hydrogen-bond acceptors (Lipinski definition) is 3. The van der Waals surface area contributed by atoms with Gasteiger partial charge in [0, 0.05) is 5.41 Å². The van der Waals surface area contributed by atoms with Gasteiger partial charge in [-0.1, -0.05) is 27.2 Å². The predicted octanol–water partition coefficient (Wildman–Crippen LogP) is 0.762. The van der Waals surface area contributed by atoms with Gasteiger partial charge in [-0.05, 0) is 12.8 Å². The van der Waals surface area contributed by atoms with Crippen LogP contribution in [-0.2, 0) is 9.59 Å². The first-order valence-electron chi connectivity index (χ1n) is 4.90. The summed E-state index contributed by atoms with van der Waals surface area (Å²) in [6.07, 6.45) is 2.19. The highest BCUT2D eigenvalue weighted by Gasteiger charge is 2.53. The molecule has 4 heteroatoms. The summed E-state index contributed by atoms with van der Waals surface area (Å²) >= 11 is 0. The van der Waals surface area contributed by atoms with Crippen LogP contribution in [0.1, 0.15) is 40.0 Å². The Morgan fingerprint density at radius 2 is 1.79 bits per heavy atom. The van der Waals surface area contributed by atoms with Crippen LogP contribution in [0, 0.1) is 10.8 Å². The standard InChI is InChI=1S/C10H18N2O2/c1-9(2,3)7(13)10(5-4-6-10)8(14)12-11/h4-6,11H2,1-3H3,(H,12,14). The van der Waals surface area contributed by atoms with Crippen molar-refractivity contribution in [1.29, 1.82) is 0 Å². The van der Waals surface area contributed by atoms with Crippen LogP contribution in [-0.4, -0.2) is 11.7 Å². The number of hydrazine groups is 1. The van der Waals surface area contributed by atoms with E-state index in [4.69, 9.17) is 5.84 Å². The molecule has 1 saturated carbocycles. The first kappa shape index (κ1) is 11.2. The number of nitrogens with two attached hydrogens (primary N) is 1. The second-order valence-electron chi connectivity index (χ2n) is 4.99. The van der Waals surface area contributed by atoms with Crippen LogP contribution >= 0.6 is 0 Å². The van der Waals surface area contributed by atoms with E-state index in [2.05, 4.69) is 5.43 Å². The predicted molar refractivity (Wildman–Crippen MR) is 53.1 cm³/mol. The van der Waals surface area contributed by atoms with Crippen LogP contribution in [0.3, 0.4) is 0 Å². The SMILES string of the molecule is CC(C)(C)C(=O)C1(C(=O)NN)CCC1. The molecule has 0 saturated heterocycles. The molecule has 4 nitrogen and oxygen atoms in total. The Labute approximate surface area is 84.2 Å². The van der Waals surface area contributed by atoms with Gasteiger partial charge in [0.15, 0.2) is 5.78 Å². The normalized spacial score (nSPS) is 19.7. The Kier molecular flexibility index (Phi) is 2.67. The molecule has 0 aromatic carbocycles. The Morgan fingerprint density at radius 1 is 1.29 bits per heavy atom. The minimum Gasteiger partial charge on any atom is -0.298 e. The molecule has 0 radical (unpaired) electrons. The number of amides is 1. The molecule has 80 valence electrons. The first-order valence-corrected chi connectivity index (χ1v) is 4.90. The molecule has 0 unspecified atom stereocenters. The van der Waals surface area contributed by atoms with Gasteiger partial charge in [-0.2, -0.15) is 0 Å². The van der Waals surface area contributed by atoms with Gasteiger partial charge in [-0.3, -0.25) is 15.0 Å². The van der Waals surface area contributed by atoms with Gasteiger partial charge in [0.05, 0.1) is 0 Å². The summed E-state index contributed by atoms with van der Waals surface area (Å²) < 4.78 is 0. The molecule has 0 heterocycles. The van der Waals surface area contributed by atoms with Crippen LogP contribution in [0.25, 0.3) is 0 Å². The van der Waals surface area contributed by atoms with Gasteiger partial charge in [0.25, 0.3) is 0 Å². The van der Waals surface area contributed by atoms with E-state index < -0.39 is 10.8 Å². The zero-order valence-corrected chi connectivity index (χ0v) is 9.02. The summed E-state index contributed by atoms with van der Waals surface area (Å²) in [5.74, 6) is 4.77. The number of ketones is 1. The van der Waals surface area contributed by atoms with E-state index in [1.165, 1.54) is 0 Å². The minimum atomic E-state index is -0.840. The molecule has 3 N–H and O–H groups in total. The maximum absolute atomic E-state index is 12.1. The fraction of sp³-hybridized carbons (Fsp3) is 0.800. The third-order valence-corrected chi connectivity index (χ3v) is 2.89. The number of carbonyl (C=O) groups is 2. The molecule has 0 aliphatic heterocycles. The summed E-state index contributed by atoms with van der Waals surface area (Å²) in [7, 11) is 0. The lowest BCUT2D eigenvalue weighted by atomic mass is 9.60. The van der Waals surface area contributed by atoms with Crippen LogP contribution in [0.2, 0.25) is 0 Å². The average Bonchev–Trinajstić information content (AvgIpc) is 2.00. The Morgan fingerprint density at radius 3 is 2.00 bits per heavy atom. The van der Waals surface area contributed by atoms with Gasteiger partial charge in [0.2, 0.25) is 5.91 Å². The Bertz CT molecular complexity index is 262. The number of rotatable bonds is 2. The second-order valence-corrected chi connectivity index (χ2v) is 4.99.